The largest absolute Gasteiger partial charge is 0.384 e. The Morgan fingerprint density at radius 3 is 2.79 bits per heavy atom. The molecule has 6 nitrogen and oxygen atoms in total. The minimum Gasteiger partial charge on any atom is -0.384 e. The van der Waals surface area contributed by atoms with Crippen molar-refractivity contribution in [2.24, 2.45) is 11.7 Å². The summed E-state index contributed by atoms with van der Waals surface area (Å²) in [5, 5.41) is 3.99. The molecule has 7 heteroatoms. The molecule has 2 atom stereocenters. The van der Waals surface area contributed by atoms with E-state index in [9.17, 15) is 0 Å². The van der Waals surface area contributed by atoms with Crippen LogP contribution in [0.2, 0.25) is 0 Å². The molecule has 1 saturated heterocycles. The Kier molecular flexibility index (Phi) is 7.17. The number of methoxy groups -OCH3 is 1. The zero-order chi connectivity index (χ0) is 16.1. The molecule has 2 N–H and O–H groups in total. The van der Waals surface area contributed by atoms with Crippen LogP contribution in [0.5, 0.6) is 0 Å². The summed E-state index contributed by atoms with van der Waals surface area (Å²) in [7, 11) is 1.67. The molecule has 2 heterocycles. The molecular formula is C17H25ClN4O2. The zero-order valence-corrected chi connectivity index (χ0v) is 14.7. The van der Waals surface area contributed by atoms with E-state index in [0.29, 0.717) is 49.7 Å². The lowest BCUT2D eigenvalue weighted by Crippen LogP contribution is -2.23. The molecule has 132 valence electrons. The number of nitrogens with two attached hydrogens (primary N) is 1. The Labute approximate surface area is 148 Å². The van der Waals surface area contributed by atoms with Crippen LogP contribution in [0.15, 0.2) is 34.9 Å². The molecule has 0 spiro atoms. The quantitative estimate of drug-likeness (QED) is 0.819. The second kappa shape index (κ2) is 9.13. The van der Waals surface area contributed by atoms with E-state index in [4.69, 9.17) is 15.0 Å². The maximum atomic E-state index is 5.98. The molecule has 0 amide bonds. The minimum atomic E-state index is 0. The molecule has 2 aromatic rings. The molecule has 0 radical (unpaired) electrons. The summed E-state index contributed by atoms with van der Waals surface area (Å²) in [4.78, 5) is 6.78. The predicted octanol–water partition coefficient (Wildman–Crippen LogP) is 1.85. The average Bonchev–Trinajstić information content (AvgIpc) is 3.20. The first-order chi connectivity index (χ1) is 11.3. The van der Waals surface area contributed by atoms with Gasteiger partial charge in [-0.1, -0.05) is 35.5 Å². The first-order valence-electron chi connectivity index (χ1n) is 8.08. The lowest BCUT2D eigenvalue weighted by molar-refractivity contribution is 0.199. The van der Waals surface area contributed by atoms with Gasteiger partial charge in [-0.05, 0) is 18.0 Å². The van der Waals surface area contributed by atoms with Crippen molar-refractivity contribution >= 4 is 12.4 Å². The fraction of sp³-hybridized carbons (Fsp3) is 0.529. The van der Waals surface area contributed by atoms with Crippen molar-refractivity contribution < 1.29 is 9.26 Å². The molecule has 1 aliphatic heterocycles. The highest BCUT2D eigenvalue weighted by Gasteiger charge is 2.33. The first kappa shape index (κ1) is 18.9. The van der Waals surface area contributed by atoms with Gasteiger partial charge in [-0.25, -0.2) is 0 Å². The third kappa shape index (κ3) is 4.54. The van der Waals surface area contributed by atoms with Crippen molar-refractivity contribution in [3.8, 4) is 0 Å². The zero-order valence-electron chi connectivity index (χ0n) is 13.9. The van der Waals surface area contributed by atoms with E-state index in [0.717, 1.165) is 13.1 Å². The van der Waals surface area contributed by atoms with Crippen LogP contribution in [-0.4, -0.2) is 48.4 Å². The van der Waals surface area contributed by atoms with E-state index in [1.807, 2.05) is 6.07 Å². The number of nitrogens with zero attached hydrogens (tertiary/aromatic N) is 3. The number of aromatic nitrogens is 2. The van der Waals surface area contributed by atoms with Gasteiger partial charge < -0.3 is 15.0 Å². The van der Waals surface area contributed by atoms with Crippen LogP contribution < -0.4 is 5.73 Å². The van der Waals surface area contributed by atoms with Gasteiger partial charge in [-0.2, -0.15) is 4.98 Å². The van der Waals surface area contributed by atoms with Crippen molar-refractivity contribution in [2.75, 3.05) is 33.4 Å². The second-order valence-electron chi connectivity index (χ2n) is 6.05. The Hall–Kier alpha value is -1.47. The van der Waals surface area contributed by atoms with Crippen molar-refractivity contribution in [3.63, 3.8) is 0 Å². The molecule has 1 aliphatic rings. The summed E-state index contributed by atoms with van der Waals surface area (Å²) in [6.45, 7) is 3.92. The molecule has 0 bridgehead atoms. The lowest BCUT2D eigenvalue weighted by Gasteiger charge is -2.16. The van der Waals surface area contributed by atoms with E-state index >= 15 is 0 Å². The van der Waals surface area contributed by atoms with Gasteiger partial charge in [0.15, 0.2) is 5.82 Å². The Balaban J connectivity index is 0.00000208. The number of halogens is 1. The molecular weight excluding hydrogens is 328 g/mol. The Morgan fingerprint density at radius 1 is 1.29 bits per heavy atom. The molecule has 0 aliphatic carbocycles. The van der Waals surface area contributed by atoms with E-state index in [2.05, 4.69) is 39.3 Å². The molecule has 1 aromatic carbocycles. The van der Waals surface area contributed by atoms with E-state index in [1.165, 1.54) is 5.56 Å². The van der Waals surface area contributed by atoms with Crippen LogP contribution in [0, 0.1) is 5.92 Å². The first-order valence-corrected chi connectivity index (χ1v) is 8.08. The number of hydrogen-bond donors (Lipinski definition) is 1. The number of likely N-dealkylation sites (tertiary alicyclic amines) is 1. The normalized spacial score (nSPS) is 20.9. The van der Waals surface area contributed by atoms with E-state index in [-0.39, 0.29) is 12.4 Å². The molecule has 0 unspecified atom stereocenters. The smallest absolute Gasteiger partial charge is 0.240 e. The fourth-order valence-corrected chi connectivity index (χ4v) is 3.25. The molecule has 1 aromatic heterocycles. The summed E-state index contributed by atoms with van der Waals surface area (Å²) in [5.41, 5.74) is 7.34. The van der Waals surface area contributed by atoms with Crippen LogP contribution in [0.1, 0.15) is 23.2 Å². The van der Waals surface area contributed by atoms with Crippen molar-refractivity contribution in [3.05, 3.63) is 47.6 Å². The summed E-state index contributed by atoms with van der Waals surface area (Å²) < 4.78 is 10.4. The minimum absolute atomic E-state index is 0. The van der Waals surface area contributed by atoms with Gasteiger partial charge in [-0.15, -0.1) is 12.4 Å². The van der Waals surface area contributed by atoms with Gasteiger partial charge >= 0.3 is 0 Å². The maximum Gasteiger partial charge on any atom is 0.240 e. The van der Waals surface area contributed by atoms with Crippen LogP contribution in [0.25, 0.3) is 0 Å². The van der Waals surface area contributed by atoms with Crippen LogP contribution in [0.4, 0.5) is 0 Å². The third-order valence-electron chi connectivity index (χ3n) is 4.45. The highest BCUT2D eigenvalue weighted by atomic mass is 35.5. The van der Waals surface area contributed by atoms with Crippen molar-refractivity contribution in [1.82, 2.24) is 15.0 Å². The van der Waals surface area contributed by atoms with E-state index < -0.39 is 0 Å². The predicted molar refractivity (Wildman–Crippen MR) is 94.1 cm³/mol. The van der Waals surface area contributed by atoms with Gasteiger partial charge in [0.1, 0.15) is 0 Å². The summed E-state index contributed by atoms with van der Waals surface area (Å²) in [6.07, 6.45) is 0.679. The SMILES string of the molecule is COCCc1noc(CN2C[C@@H](CN)[C@H](c3ccccc3)C2)n1.Cl. The van der Waals surface area contributed by atoms with Gasteiger partial charge in [0.05, 0.1) is 13.2 Å². The number of hydrogen-bond acceptors (Lipinski definition) is 6. The number of rotatable bonds is 7. The number of ether oxygens (including phenoxy) is 1. The van der Waals surface area contributed by atoms with Crippen molar-refractivity contribution in [1.29, 1.82) is 0 Å². The van der Waals surface area contributed by atoms with Gasteiger partial charge in [0.25, 0.3) is 0 Å². The summed E-state index contributed by atoms with van der Waals surface area (Å²) >= 11 is 0. The van der Waals surface area contributed by atoms with Gasteiger partial charge in [0.2, 0.25) is 5.89 Å². The lowest BCUT2D eigenvalue weighted by atomic mass is 9.89. The van der Waals surface area contributed by atoms with Gasteiger partial charge in [-0.3, -0.25) is 4.90 Å². The second-order valence-corrected chi connectivity index (χ2v) is 6.05. The third-order valence-corrected chi connectivity index (χ3v) is 4.45. The average molecular weight is 353 g/mol. The highest BCUT2D eigenvalue weighted by molar-refractivity contribution is 5.85. The fourth-order valence-electron chi connectivity index (χ4n) is 3.25. The number of benzene rings is 1. The summed E-state index contributed by atoms with van der Waals surface area (Å²) in [5.74, 6) is 2.31. The van der Waals surface area contributed by atoms with Crippen LogP contribution in [0.3, 0.4) is 0 Å². The van der Waals surface area contributed by atoms with E-state index in [1.54, 1.807) is 7.11 Å². The summed E-state index contributed by atoms with van der Waals surface area (Å²) in [6, 6.07) is 10.6. The molecule has 24 heavy (non-hydrogen) atoms. The van der Waals surface area contributed by atoms with Gasteiger partial charge in [0, 0.05) is 32.5 Å². The molecule has 0 saturated carbocycles. The molecule has 3 rings (SSSR count). The maximum absolute atomic E-state index is 5.98. The topological polar surface area (TPSA) is 77.4 Å². The highest BCUT2D eigenvalue weighted by Crippen LogP contribution is 2.32. The Morgan fingerprint density at radius 2 is 2.08 bits per heavy atom. The Bertz CT molecular complexity index is 608. The monoisotopic (exact) mass is 352 g/mol. The van der Waals surface area contributed by atoms with Crippen LogP contribution >= 0.6 is 12.4 Å². The van der Waals surface area contributed by atoms with Crippen molar-refractivity contribution in [2.45, 2.75) is 18.9 Å². The standard InChI is InChI=1S/C17H24N4O2.ClH/c1-22-8-7-16-19-17(23-20-16)12-21-10-14(9-18)15(11-21)13-5-3-2-4-6-13;/h2-6,14-15H,7-12,18H2,1H3;1H/t14-,15+;/m1./s1. The molecule has 1 fully saturated rings. The van der Waals surface area contributed by atoms with Crippen LogP contribution in [-0.2, 0) is 17.7 Å².